The SMILES string of the molecule is CC1(C)CC1Nc1cncc(C(=O)O)n1. The first-order valence-corrected chi connectivity index (χ1v) is 4.81. The first-order chi connectivity index (χ1) is 6.99. The number of hydrogen-bond acceptors (Lipinski definition) is 4. The number of aromatic carboxylic acids is 1. The zero-order valence-corrected chi connectivity index (χ0v) is 8.69. The number of aromatic nitrogens is 2. The monoisotopic (exact) mass is 207 g/mol. The molecule has 0 saturated heterocycles. The molecule has 1 aliphatic rings. The lowest BCUT2D eigenvalue weighted by Crippen LogP contribution is -2.11. The lowest BCUT2D eigenvalue weighted by atomic mass is 10.2. The molecule has 15 heavy (non-hydrogen) atoms. The van der Waals surface area contributed by atoms with Crippen LogP contribution in [0.25, 0.3) is 0 Å². The van der Waals surface area contributed by atoms with Crippen molar-refractivity contribution in [1.82, 2.24) is 9.97 Å². The summed E-state index contributed by atoms with van der Waals surface area (Å²) in [4.78, 5) is 18.4. The Morgan fingerprint density at radius 1 is 1.60 bits per heavy atom. The average molecular weight is 207 g/mol. The van der Waals surface area contributed by atoms with Crippen LogP contribution in [0.3, 0.4) is 0 Å². The highest BCUT2D eigenvalue weighted by molar-refractivity contribution is 5.85. The van der Waals surface area contributed by atoms with Gasteiger partial charge in [-0.1, -0.05) is 13.8 Å². The molecule has 0 amide bonds. The summed E-state index contributed by atoms with van der Waals surface area (Å²) in [5, 5.41) is 11.9. The van der Waals surface area contributed by atoms with Crippen molar-refractivity contribution >= 4 is 11.8 Å². The van der Waals surface area contributed by atoms with Gasteiger partial charge in [-0.2, -0.15) is 0 Å². The van der Waals surface area contributed by atoms with Crippen molar-refractivity contribution in [3.05, 3.63) is 18.1 Å². The Balaban J connectivity index is 2.09. The number of nitrogens with zero attached hydrogens (tertiary/aromatic N) is 2. The van der Waals surface area contributed by atoms with Crippen molar-refractivity contribution in [2.24, 2.45) is 5.41 Å². The summed E-state index contributed by atoms with van der Waals surface area (Å²) in [6, 6.07) is 0.371. The van der Waals surface area contributed by atoms with E-state index in [1.807, 2.05) is 0 Å². The van der Waals surface area contributed by atoms with Gasteiger partial charge in [-0.15, -0.1) is 0 Å². The summed E-state index contributed by atoms with van der Waals surface area (Å²) >= 11 is 0. The van der Waals surface area contributed by atoms with Crippen LogP contribution in [-0.2, 0) is 0 Å². The van der Waals surface area contributed by atoms with Gasteiger partial charge < -0.3 is 10.4 Å². The summed E-state index contributed by atoms with van der Waals surface area (Å²) in [5.74, 6) is -0.522. The molecule has 5 nitrogen and oxygen atoms in total. The molecular weight excluding hydrogens is 194 g/mol. The normalized spacial score (nSPS) is 22.1. The molecule has 1 fully saturated rings. The Hall–Kier alpha value is -1.65. The van der Waals surface area contributed by atoms with Crippen LogP contribution in [0.4, 0.5) is 5.82 Å². The van der Waals surface area contributed by atoms with E-state index in [2.05, 4.69) is 29.1 Å². The van der Waals surface area contributed by atoms with Gasteiger partial charge >= 0.3 is 5.97 Å². The summed E-state index contributed by atoms with van der Waals surface area (Å²) in [7, 11) is 0. The molecule has 0 aliphatic heterocycles. The second-order valence-corrected chi connectivity index (χ2v) is 4.48. The lowest BCUT2D eigenvalue weighted by Gasteiger charge is -2.06. The lowest BCUT2D eigenvalue weighted by molar-refractivity contribution is 0.0690. The van der Waals surface area contributed by atoms with E-state index < -0.39 is 5.97 Å². The minimum Gasteiger partial charge on any atom is -0.476 e. The molecule has 1 aromatic heterocycles. The molecule has 80 valence electrons. The van der Waals surface area contributed by atoms with E-state index in [9.17, 15) is 4.79 Å². The molecule has 1 saturated carbocycles. The highest BCUT2D eigenvalue weighted by Crippen LogP contribution is 2.46. The van der Waals surface area contributed by atoms with Gasteiger partial charge in [0.1, 0.15) is 5.82 Å². The standard InChI is InChI=1S/C10H13N3O2/c1-10(2)3-7(10)13-8-5-11-4-6(12-8)9(14)15/h4-5,7H,3H2,1-2H3,(H,12,13)(H,14,15). The van der Waals surface area contributed by atoms with Gasteiger partial charge in [-0.05, 0) is 11.8 Å². The summed E-state index contributed by atoms with van der Waals surface area (Å²) in [6.45, 7) is 4.30. The molecule has 0 radical (unpaired) electrons. The molecule has 1 atom stereocenters. The van der Waals surface area contributed by atoms with Crippen molar-refractivity contribution in [1.29, 1.82) is 0 Å². The van der Waals surface area contributed by atoms with Gasteiger partial charge in [0.25, 0.3) is 0 Å². The number of rotatable bonds is 3. The zero-order valence-electron chi connectivity index (χ0n) is 8.69. The smallest absolute Gasteiger partial charge is 0.356 e. The van der Waals surface area contributed by atoms with Crippen LogP contribution in [0.5, 0.6) is 0 Å². The number of hydrogen-bond donors (Lipinski definition) is 2. The Morgan fingerprint density at radius 2 is 2.27 bits per heavy atom. The minimum absolute atomic E-state index is 0.0292. The molecule has 0 spiro atoms. The van der Waals surface area contributed by atoms with Crippen LogP contribution in [0.2, 0.25) is 0 Å². The van der Waals surface area contributed by atoms with Crippen LogP contribution < -0.4 is 5.32 Å². The zero-order chi connectivity index (χ0) is 11.1. The van der Waals surface area contributed by atoms with Crippen molar-refractivity contribution in [2.45, 2.75) is 26.3 Å². The number of anilines is 1. The molecule has 5 heteroatoms. The summed E-state index contributed by atoms with van der Waals surface area (Å²) in [6.07, 6.45) is 3.86. The molecule has 1 aromatic rings. The fraction of sp³-hybridized carbons (Fsp3) is 0.500. The van der Waals surface area contributed by atoms with Crippen LogP contribution >= 0.6 is 0 Å². The van der Waals surface area contributed by atoms with E-state index >= 15 is 0 Å². The van der Waals surface area contributed by atoms with Crippen molar-refractivity contribution < 1.29 is 9.90 Å². The van der Waals surface area contributed by atoms with E-state index in [4.69, 9.17) is 5.11 Å². The third-order valence-electron chi connectivity index (χ3n) is 2.69. The fourth-order valence-corrected chi connectivity index (χ4v) is 1.43. The highest BCUT2D eigenvalue weighted by atomic mass is 16.4. The maximum atomic E-state index is 10.7. The fourth-order valence-electron chi connectivity index (χ4n) is 1.43. The maximum Gasteiger partial charge on any atom is 0.356 e. The van der Waals surface area contributed by atoms with E-state index in [0.29, 0.717) is 11.9 Å². The van der Waals surface area contributed by atoms with Gasteiger partial charge in [0.2, 0.25) is 0 Å². The summed E-state index contributed by atoms with van der Waals surface area (Å²) < 4.78 is 0. The van der Waals surface area contributed by atoms with Crippen molar-refractivity contribution in [3.63, 3.8) is 0 Å². The molecule has 2 rings (SSSR count). The molecule has 1 heterocycles. The van der Waals surface area contributed by atoms with E-state index in [1.54, 1.807) is 6.20 Å². The molecule has 1 aliphatic carbocycles. The number of carboxylic acids is 1. The maximum absolute atomic E-state index is 10.7. The predicted octanol–water partition coefficient (Wildman–Crippen LogP) is 1.39. The molecule has 1 unspecified atom stereocenters. The van der Waals surface area contributed by atoms with E-state index in [1.165, 1.54) is 6.20 Å². The molecule has 0 aromatic carbocycles. The largest absolute Gasteiger partial charge is 0.476 e. The number of carboxylic acid groups (broad SMARTS) is 1. The molecule has 2 N–H and O–H groups in total. The van der Waals surface area contributed by atoms with Crippen LogP contribution in [-0.4, -0.2) is 27.1 Å². The second-order valence-electron chi connectivity index (χ2n) is 4.48. The topological polar surface area (TPSA) is 75.1 Å². The molecular formula is C10H13N3O2. The van der Waals surface area contributed by atoms with Gasteiger partial charge in [-0.3, -0.25) is 4.98 Å². The Morgan fingerprint density at radius 3 is 2.80 bits per heavy atom. The third-order valence-corrected chi connectivity index (χ3v) is 2.69. The van der Waals surface area contributed by atoms with Crippen LogP contribution in [0.1, 0.15) is 30.8 Å². The Labute approximate surface area is 87.6 Å². The van der Waals surface area contributed by atoms with Gasteiger partial charge in [-0.25, -0.2) is 9.78 Å². The average Bonchev–Trinajstić information content (AvgIpc) is 2.74. The number of nitrogens with one attached hydrogen (secondary N) is 1. The molecule has 0 bridgehead atoms. The highest BCUT2D eigenvalue weighted by Gasteiger charge is 2.45. The minimum atomic E-state index is -1.05. The van der Waals surface area contributed by atoms with Crippen molar-refractivity contribution in [3.8, 4) is 0 Å². The van der Waals surface area contributed by atoms with Crippen molar-refractivity contribution in [2.75, 3.05) is 5.32 Å². The van der Waals surface area contributed by atoms with Gasteiger partial charge in [0.05, 0.1) is 12.4 Å². The first kappa shape index (κ1) is 9.89. The van der Waals surface area contributed by atoms with Gasteiger partial charge in [0.15, 0.2) is 5.69 Å². The van der Waals surface area contributed by atoms with E-state index in [-0.39, 0.29) is 11.1 Å². The first-order valence-electron chi connectivity index (χ1n) is 4.81. The Bertz CT molecular complexity index is 403. The van der Waals surface area contributed by atoms with Crippen LogP contribution in [0, 0.1) is 5.41 Å². The second kappa shape index (κ2) is 3.18. The van der Waals surface area contributed by atoms with Crippen LogP contribution in [0.15, 0.2) is 12.4 Å². The quantitative estimate of drug-likeness (QED) is 0.783. The van der Waals surface area contributed by atoms with Gasteiger partial charge in [0, 0.05) is 6.04 Å². The van der Waals surface area contributed by atoms with E-state index in [0.717, 1.165) is 6.42 Å². The summed E-state index contributed by atoms with van der Waals surface area (Å²) in [5.41, 5.74) is 0.249. The Kier molecular flexibility index (Phi) is 2.10. The number of carbonyl (C=O) groups is 1. The third kappa shape index (κ3) is 2.06. The predicted molar refractivity (Wildman–Crippen MR) is 54.8 cm³/mol.